The highest BCUT2D eigenvalue weighted by Crippen LogP contribution is 2.20. The fourth-order valence-corrected chi connectivity index (χ4v) is 1.47. The molecule has 1 aromatic carbocycles. The molecule has 0 radical (unpaired) electrons. The van der Waals surface area contributed by atoms with Crippen molar-refractivity contribution in [2.75, 3.05) is 5.32 Å². The molecule has 1 aromatic heterocycles. The molecular formula is C10H11N5O2. The van der Waals surface area contributed by atoms with Gasteiger partial charge in [-0.3, -0.25) is 15.2 Å². The van der Waals surface area contributed by atoms with E-state index < -0.39 is 4.92 Å². The van der Waals surface area contributed by atoms with Crippen molar-refractivity contribution in [1.29, 1.82) is 0 Å². The molecule has 1 heterocycles. The van der Waals surface area contributed by atoms with Gasteiger partial charge in [-0.15, -0.1) is 0 Å². The van der Waals surface area contributed by atoms with Gasteiger partial charge in [-0.25, -0.2) is 4.98 Å². The normalized spacial score (nSPS) is 10.2. The number of nitro groups is 1. The number of hydrogen-bond donors (Lipinski definition) is 2. The van der Waals surface area contributed by atoms with Gasteiger partial charge in [0.25, 0.3) is 5.69 Å². The van der Waals surface area contributed by atoms with Crippen LogP contribution in [-0.2, 0) is 6.54 Å². The smallest absolute Gasteiger partial charge is 0.271 e. The molecule has 17 heavy (non-hydrogen) atoms. The number of nitrogens with zero attached hydrogens (tertiary/aromatic N) is 3. The van der Waals surface area contributed by atoms with Crippen molar-refractivity contribution >= 4 is 11.4 Å². The summed E-state index contributed by atoms with van der Waals surface area (Å²) in [4.78, 5) is 14.2. The average molecular weight is 233 g/mol. The number of anilines is 1. The molecule has 0 saturated heterocycles. The largest absolute Gasteiger partial charge is 0.378 e. The highest BCUT2D eigenvalue weighted by atomic mass is 16.6. The third-order valence-electron chi connectivity index (χ3n) is 2.20. The maximum atomic E-state index is 10.7. The van der Waals surface area contributed by atoms with Gasteiger partial charge in [-0.05, 0) is 18.6 Å². The lowest BCUT2D eigenvalue weighted by Gasteiger charge is -2.05. The third-order valence-corrected chi connectivity index (χ3v) is 2.20. The zero-order valence-corrected chi connectivity index (χ0v) is 9.17. The van der Waals surface area contributed by atoms with Gasteiger partial charge < -0.3 is 5.32 Å². The number of hydrogen-bond acceptors (Lipinski definition) is 5. The SMILES string of the molecule is Cc1cc(NCc2ncn[nH]2)cc([N+](=O)[O-])c1. The van der Waals surface area contributed by atoms with Gasteiger partial charge in [0.15, 0.2) is 0 Å². The number of rotatable bonds is 4. The number of benzene rings is 1. The Morgan fingerprint density at radius 2 is 2.29 bits per heavy atom. The first-order valence-electron chi connectivity index (χ1n) is 4.99. The molecule has 2 rings (SSSR count). The van der Waals surface area contributed by atoms with E-state index >= 15 is 0 Å². The summed E-state index contributed by atoms with van der Waals surface area (Å²) < 4.78 is 0. The van der Waals surface area contributed by atoms with E-state index in [4.69, 9.17) is 0 Å². The van der Waals surface area contributed by atoms with Crippen LogP contribution in [0.4, 0.5) is 11.4 Å². The van der Waals surface area contributed by atoms with E-state index in [0.717, 1.165) is 5.56 Å². The minimum absolute atomic E-state index is 0.0741. The van der Waals surface area contributed by atoms with Gasteiger partial charge in [0.1, 0.15) is 12.2 Å². The summed E-state index contributed by atoms with van der Waals surface area (Å²) in [5.41, 5.74) is 1.59. The number of aromatic amines is 1. The zero-order chi connectivity index (χ0) is 12.3. The summed E-state index contributed by atoms with van der Waals surface area (Å²) in [5, 5.41) is 20.1. The summed E-state index contributed by atoms with van der Waals surface area (Å²) in [6, 6.07) is 4.85. The fraction of sp³-hybridized carbons (Fsp3) is 0.200. The fourth-order valence-electron chi connectivity index (χ4n) is 1.47. The summed E-state index contributed by atoms with van der Waals surface area (Å²) >= 11 is 0. The van der Waals surface area contributed by atoms with Crippen LogP contribution < -0.4 is 5.32 Å². The zero-order valence-electron chi connectivity index (χ0n) is 9.17. The second-order valence-corrected chi connectivity index (χ2v) is 3.60. The molecule has 2 N–H and O–H groups in total. The number of nitro benzene ring substituents is 1. The van der Waals surface area contributed by atoms with Crippen molar-refractivity contribution in [3.8, 4) is 0 Å². The molecule has 0 atom stereocenters. The van der Waals surface area contributed by atoms with Gasteiger partial charge in [0.2, 0.25) is 0 Å². The number of nitrogens with one attached hydrogen (secondary N) is 2. The van der Waals surface area contributed by atoms with E-state index in [2.05, 4.69) is 20.5 Å². The molecule has 0 fully saturated rings. The van der Waals surface area contributed by atoms with Gasteiger partial charge in [-0.2, -0.15) is 5.10 Å². The molecule has 7 heteroatoms. The van der Waals surface area contributed by atoms with Gasteiger partial charge in [0, 0.05) is 17.8 Å². The molecule has 0 saturated carbocycles. The van der Waals surface area contributed by atoms with Crippen LogP contribution >= 0.6 is 0 Å². The lowest BCUT2D eigenvalue weighted by atomic mass is 10.2. The molecule has 0 aliphatic carbocycles. The Morgan fingerprint density at radius 1 is 1.47 bits per heavy atom. The average Bonchev–Trinajstić information content (AvgIpc) is 2.78. The minimum Gasteiger partial charge on any atom is -0.378 e. The maximum Gasteiger partial charge on any atom is 0.271 e. The summed E-state index contributed by atoms with van der Waals surface area (Å²) in [7, 11) is 0. The summed E-state index contributed by atoms with van der Waals surface area (Å²) in [6.45, 7) is 2.26. The quantitative estimate of drug-likeness (QED) is 0.618. The van der Waals surface area contributed by atoms with Gasteiger partial charge in [-0.1, -0.05) is 0 Å². The molecule has 88 valence electrons. The molecule has 0 bridgehead atoms. The van der Waals surface area contributed by atoms with E-state index in [1.54, 1.807) is 0 Å². The van der Waals surface area contributed by atoms with Crippen LogP contribution in [-0.4, -0.2) is 20.1 Å². The number of H-pyrrole nitrogens is 1. The first-order valence-corrected chi connectivity index (χ1v) is 4.99. The monoisotopic (exact) mass is 233 g/mol. The van der Waals surface area contributed by atoms with Crippen LogP contribution in [0.1, 0.15) is 11.4 Å². The Bertz CT molecular complexity index is 523. The van der Waals surface area contributed by atoms with Crippen LogP contribution in [0.15, 0.2) is 24.5 Å². The van der Waals surface area contributed by atoms with Crippen molar-refractivity contribution < 1.29 is 4.92 Å². The Balaban J connectivity index is 2.13. The van der Waals surface area contributed by atoms with E-state index in [1.165, 1.54) is 18.5 Å². The van der Waals surface area contributed by atoms with Crippen LogP contribution in [0.2, 0.25) is 0 Å². The summed E-state index contributed by atoms with van der Waals surface area (Å²) in [5.74, 6) is 0.675. The number of aryl methyl sites for hydroxylation is 1. The van der Waals surface area contributed by atoms with Crippen LogP contribution in [0.25, 0.3) is 0 Å². The highest BCUT2D eigenvalue weighted by molar-refractivity contribution is 5.53. The van der Waals surface area contributed by atoms with E-state index in [0.29, 0.717) is 18.1 Å². The Labute approximate surface area is 97.0 Å². The Hall–Kier alpha value is -2.44. The second-order valence-electron chi connectivity index (χ2n) is 3.60. The minimum atomic E-state index is -0.410. The molecule has 0 amide bonds. The molecule has 0 unspecified atom stereocenters. The third kappa shape index (κ3) is 2.77. The highest BCUT2D eigenvalue weighted by Gasteiger charge is 2.07. The lowest BCUT2D eigenvalue weighted by molar-refractivity contribution is -0.384. The summed E-state index contributed by atoms with van der Waals surface area (Å²) in [6.07, 6.45) is 1.41. The Morgan fingerprint density at radius 3 is 2.94 bits per heavy atom. The van der Waals surface area contributed by atoms with E-state index in [9.17, 15) is 10.1 Å². The maximum absolute atomic E-state index is 10.7. The Kier molecular flexibility index (Phi) is 2.99. The standard InChI is InChI=1S/C10H11N5O2/c1-7-2-8(4-9(3-7)15(16)17)11-5-10-12-6-13-14-10/h2-4,6,11H,5H2,1H3,(H,12,13,14). The first-order chi connectivity index (χ1) is 8.15. The molecule has 2 aromatic rings. The van der Waals surface area contributed by atoms with Gasteiger partial charge >= 0.3 is 0 Å². The van der Waals surface area contributed by atoms with Crippen molar-refractivity contribution in [1.82, 2.24) is 15.2 Å². The van der Waals surface area contributed by atoms with Crippen LogP contribution in [0, 0.1) is 17.0 Å². The van der Waals surface area contributed by atoms with Crippen molar-refractivity contribution in [2.45, 2.75) is 13.5 Å². The molecule has 7 nitrogen and oxygen atoms in total. The van der Waals surface area contributed by atoms with Crippen molar-refractivity contribution in [2.24, 2.45) is 0 Å². The van der Waals surface area contributed by atoms with Crippen LogP contribution in [0.5, 0.6) is 0 Å². The van der Waals surface area contributed by atoms with E-state index in [1.807, 2.05) is 13.0 Å². The van der Waals surface area contributed by atoms with Crippen molar-refractivity contribution in [3.63, 3.8) is 0 Å². The second kappa shape index (κ2) is 4.60. The predicted molar refractivity (Wildman–Crippen MR) is 61.5 cm³/mol. The first kappa shape index (κ1) is 11.1. The number of non-ortho nitro benzene ring substituents is 1. The molecule has 0 aliphatic rings. The molecule has 0 aliphatic heterocycles. The number of aromatic nitrogens is 3. The predicted octanol–water partition coefficient (Wildman–Crippen LogP) is 1.63. The molecule has 0 spiro atoms. The topological polar surface area (TPSA) is 96.7 Å². The van der Waals surface area contributed by atoms with Crippen molar-refractivity contribution in [3.05, 3.63) is 46.0 Å². The molecular weight excluding hydrogens is 222 g/mol. The van der Waals surface area contributed by atoms with E-state index in [-0.39, 0.29) is 5.69 Å². The lowest BCUT2D eigenvalue weighted by Crippen LogP contribution is -2.02. The van der Waals surface area contributed by atoms with Crippen LogP contribution in [0.3, 0.4) is 0 Å². The van der Waals surface area contributed by atoms with Gasteiger partial charge in [0.05, 0.1) is 11.5 Å².